The van der Waals surface area contributed by atoms with Crippen LogP contribution in [0, 0.1) is 5.92 Å². The van der Waals surface area contributed by atoms with Crippen LogP contribution in [0.2, 0.25) is 0 Å². The van der Waals surface area contributed by atoms with Gasteiger partial charge in [0.25, 0.3) is 0 Å². The molecule has 0 saturated heterocycles. The summed E-state index contributed by atoms with van der Waals surface area (Å²) in [5.74, 6) is 1.86. The molecule has 1 aliphatic rings. The van der Waals surface area contributed by atoms with E-state index in [9.17, 15) is 0 Å². The molecule has 0 unspecified atom stereocenters. The minimum absolute atomic E-state index is 0.642. The molecule has 1 saturated carbocycles. The Labute approximate surface area is 128 Å². The molecular weight excluding hydrogens is 264 g/mol. The highest BCUT2D eigenvalue weighted by Crippen LogP contribution is 2.37. The SMILES string of the molecule is CCSc1cccc(N(CCC(C)C)C2CC2)c1CN. The molecule has 0 heterocycles. The van der Waals surface area contributed by atoms with Gasteiger partial charge >= 0.3 is 0 Å². The standard InChI is InChI=1S/C17H28N2S/c1-4-20-17-7-5-6-16(15(17)12-18)19(14-8-9-14)11-10-13(2)3/h5-7,13-14H,4,8-12,18H2,1-3H3. The normalized spacial score (nSPS) is 14.8. The summed E-state index contributed by atoms with van der Waals surface area (Å²) in [4.78, 5) is 3.98. The van der Waals surface area contributed by atoms with Crippen LogP contribution in [0.25, 0.3) is 0 Å². The van der Waals surface area contributed by atoms with Crippen LogP contribution < -0.4 is 10.6 Å². The van der Waals surface area contributed by atoms with E-state index >= 15 is 0 Å². The van der Waals surface area contributed by atoms with Crippen LogP contribution in [0.15, 0.2) is 23.1 Å². The fourth-order valence-electron chi connectivity index (χ4n) is 2.60. The van der Waals surface area contributed by atoms with Gasteiger partial charge < -0.3 is 10.6 Å². The predicted octanol–water partition coefficient (Wildman–Crippen LogP) is 4.27. The Bertz CT molecular complexity index is 427. The fraction of sp³-hybridized carbons (Fsp3) is 0.647. The summed E-state index contributed by atoms with van der Waals surface area (Å²) in [6.45, 7) is 8.62. The number of benzene rings is 1. The summed E-state index contributed by atoms with van der Waals surface area (Å²) in [5.41, 5.74) is 8.78. The summed E-state index contributed by atoms with van der Waals surface area (Å²) in [5, 5.41) is 0. The van der Waals surface area contributed by atoms with Crippen LogP contribution in [0.1, 0.15) is 45.6 Å². The van der Waals surface area contributed by atoms with E-state index in [0.717, 1.165) is 24.3 Å². The van der Waals surface area contributed by atoms with E-state index in [1.807, 2.05) is 11.8 Å². The molecule has 1 fully saturated rings. The molecule has 1 aromatic carbocycles. The average Bonchev–Trinajstić information content (AvgIpc) is 3.24. The van der Waals surface area contributed by atoms with E-state index in [1.54, 1.807) is 0 Å². The maximum Gasteiger partial charge on any atom is 0.0425 e. The molecule has 112 valence electrons. The van der Waals surface area contributed by atoms with E-state index in [0.29, 0.717) is 6.54 Å². The van der Waals surface area contributed by atoms with Gasteiger partial charge in [0.1, 0.15) is 0 Å². The quantitative estimate of drug-likeness (QED) is 0.725. The molecule has 0 aliphatic heterocycles. The number of hydrogen-bond donors (Lipinski definition) is 1. The average molecular weight is 292 g/mol. The maximum atomic E-state index is 6.06. The van der Waals surface area contributed by atoms with Gasteiger partial charge in [0.2, 0.25) is 0 Å². The fourth-order valence-corrected chi connectivity index (χ4v) is 3.45. The highest BCUT2D eigenvalue weighted by atomic mass is 32.2. The predicted molar refractivity (Wildman–Crippen MR) is 90.6 cm³/mol. The van der Waals surface area contributed by atoms with Crippen LogP contribution in [-0.4, -0.2) is 18.3 Å². The number of rotatable bonds is 8. The molecule has 0 bridgehead atoms. The maximum absolute atomic E-state index is 6.06. The van der Waals surface area contributed by atoms with Crippen LogP contribution in [-0.2, 0) is 6.54 Å². The Morgan fingerprint density at radius 2 is 2.10 bits per heavy atom. The van der Waals surface area contributed by atoms with E-state index in [4.69, 9.17) is 5.73 Å². The molecule has 0 aromatic heterocycles. The van der Waals surface area contributed by atoms with Gasteiger partial charge in [-0.1, -0.05) is 26.8 Å². The second-order valence-corrected chi connectivity index (χ2v) is 7.30. The second-order valence-electron chi connectivity index (χ2n) is 6.00. The van der Waals surface area contributed by atoms with Gasteiger partial charge in [0.15, 0.2) is 0 Å². The first-order valence-corrected chi connectivity index (χ1v) is 8.87. The van der Waals surface area contributed by atoms with Crippen LogP contribution >= 0.6 is 11.8 Å². The Hall–Kier alpha value is -0.670. The first-order valence-electron chi connectivity index (χ1n) is 7.88. The molecular formula is C17H28N2S. The zero-order valence-corrected chi connectivity index (χ0v) is 13.9. The first-order chi connectivity index (χ1) is 9.67. The number of thioether (sulfide) groups is 1. The zero-order valence-electron chi connectivity index (χ0n) is 13.1. The lowest BCUT2D eigenvalue weighted by Crippen LogP contribution is -2.29. The van der Waals surface area contributed by atoms with Crippen molar-refractivity contribution in [3.05, 3.63) is 23.8 Å². The molecule has 0 radical (unpaired) electrons. The molecule has 20 heavy (non-hydrogen) atoms. The zero-order chi connectivity index (χ0) is 14.5. The Morgan fingerprint density at radius 3 is 2.65 bits per heavy atom. The summed E-state index contributed by atoms with van der Waals surface area (Å²) >= 11 is 1.91. The monoisotopic (exact) mass is 292 g/mol. The summed E-state index contributed by atoms with van der Waals surface area (Å²) in [7, 11) is 0. The van der Waals surface area contributed by atoms with E-state index < -0.39 is 0 Å². The molecule has 1 aliphatic carbocycles. The van der Waals surface area contributed by atoms with Crippen LogP contribution in [0.5, 0.6) is 0 Å². The second kappa shape index (κ2) is 7.37. The lowest BCUT2D eigenvalue weighted by molar-refractivity contribution is 0.569. The van der Waals surface area contributed by atoms with Crippen molar-refractivity contribution in [2.24, 2.45) is 11.7 Å². The summed E-state index contributed by atoms with van der Waals surface area (Å²) in [6.07, 6.45) is 3.94. The van der Waals surface area contributed by atoms with Crippen molar-refractivity contribution in [3.8, 4) is 0 Å². The Balaban J connectivity index is 2.25. The van der Waals surface area contributed by atoms with Crippen molar-refractivity contribution in [3.63, 3.8) is 0 Å². The Kier molecular flexibility index (Phi) is 5.79. The van der Waals surface area contributed by atoms with Crippen molar-refractivity contribution in [2.45, 2.75) is 57.5 Å². The van der Waals surface area contributed by atoms with Gasteiger partial charge in [0.05, 0.1) is 0 Å². The molecule has 2 N–H and O–H groups in total. The summed E-state index contributed by atoms with van der Waals surface area (Å²) < 4.78 is 0. The highest BCUT2D eigenvalue weighted by molar-refractivity contribution is 7.99. The molecule has 2 rings (SSSR count). The van der Waals surface area contributed by atoms with E-state index in [1.165, 1.54) is 35.4 Å². The lowest BCUT2D eigenvalue weighted by atomic mass is 10.1. The van der Waals surface area contributed by atoms with Crippen molar-refractivity contribution in [2.75, 3.05) is 17.2 Å². The number of hydrogen-bond acceptors (Lipinski definition) is 3. The van der Waals surface area contributed by atoms with E-state index in [2.05, 4.69) is 43.9 Å². The highest BCUT2D eigenvalue weighted by Gasteiger charge is 2.30. The van der Waals surface area contributed by atoms with Gasteiger partial charge in [-0.3, -0.25) is 0 Å². The number of anilines is 1. The van der Waals surface area contributed by atoms with Crippen LogP contribution in [0.4, 0.5) is 5.69 Å². The molecule has 0 spiro atoms. The van der Waals surface area contributed by atoms with Gasteiger partial charge in [-0.15, -0.1) is 11.8 Å². The van der Waals surface area contributed by atoms with Crippen LogP contribution in [0.3, 0.4) is 0 Å². The molecule has 1 aromatic rings. The number of nitrogens with two attached hydrogens (primary N) is 1. The lowest BCUT2D eigenvalue weighted by Gasteiger charge is -2.28. The minimum atomic E-state index is 0.642. The third-order valence-corrected chi connectivity index (χ3v) is 4.84. The topological polar surface area (TPSA) is 29.3 Å². The van der Waals surface area contributed by atoms with Crippen molar-refractivity contribution in [1.29, 1.82) is 0 Å². The van der Waals surface area contributed by atoms with Crippen molar-refractivity contribution < 1.29 is 0 Å². The first kappa shape index (κ1) is 15.7. The molecule has 0 amide bonds. The third-order valence-electron chi connectivity index (χ3n) is 3.86. The van der Waals surface area contributed by atoms with E-state index in [-0.39, 0.29) is 0 Å². The Morgan fingerprint density at radius 1 is 1.35 bits per heavy atom. The summed E-state index contributed by atoms with van der Waals surface area (Å²) in [6, 6.07) is 7.42. The minimum Gasteiger partial charge on any atom is -0.368 e. The van der Waals surface area contributed by atoms with Gasteiger partial charge in [-0.25, -0.2) is 0 Å². The van der Waals surface area contributed by atoms with Gasteiger partial charge in [-0.05, 0) is 43.1 Å². The largest absolute Gasteiger partial charge is 0.368 e. The smallest absolute Gasteiger partial charge is 0.0425 e. The molecule has 0 atom stereocenters. The number of nitrogens with zero attached hydrogens (tertiary/aromatic N) is 1. The molecule has 2 nitrogen and oxygen atoms in total. The van der Waals surface area contributed by atoms with Gasteiger partial charge in [-0.2, -0.15) is 0 Å². The molecule has 3 heteroatoms. The van der Waals surface area contributed by atoms with Crippen molar-refractivity contribution >= 4 is 17.4 Å². The third kappa shape index (κ3) is 3.92. The van der Waals surface area contributed by atoms with Gasteiger partial charge in [0, 0.05) is 35.3 Å². The van der Waals surface area contributed by atoms with Crippen molar-refractivity contribution in [1.82, 2.24) is 0 Å².